The highest BCUT2D eigenvalue weighted by Gasteiger charge is 2.90. The van der Waals surface area contributed by atoms with Gasteiger partial charge in [-0.15, -0.1) is 0 Å². The van der Waals surface area contributed by atoms with E-state index in [4.69, 9.17) is 28.2 Å². The molecule has 2 aliphatic carbocycles. The number of nitrogens with one attached hydrogen (secondary N) is 1. The third-order valence-electron chi connectivity index (χ3n) is 8.94. The Balaban J connectivity index is 1.40. The molecule has 4 aliphatic rings. The van der Waals surface area contributed by atoms with Crippen LogP contribution >= 0.6 is 23.2 Å². The summed E-state index contributed by atoms with van der Waals surface area (Å²) in [7, 11) is -4.10. The number of piperidine rings is 1. The van der Waals surface area contributed by atoms with Gasteiger partial charge in [-0.05, 0) is 71.1 Å². The predicted octanol–water partition coefficient (Wildman–Crippen LogP) is 5.20. The topological polar surface area (TPSA) is 82.1 Å². The zero-order chi connectivity index (χ0) is 29.5. The highest BCUT2D eigenvalue weighted by molar-refractivity contribution is 7.89. The molecule has 1 aromatic carbocycles. The first-order valence-corrected chi connectivity index (χ1v) is 15.8. The van der Waals surface area contributed by atoms with E-state index in [0.717, 1.165) is 0 Å². The van der Waals surface area contributed by atoms with E-state index in [1.165, 1.54) is 4.31 Å². The van der Waals surface area contributed by atoms with Crippen LogP contribution in [0.4, 0.5) is 13.2 Å². The van der Waals surface area contributed by atoms with Crippen molar-refractivity contribution < 1.29 is 26.4 Å². The summed E-state index contributed by atoms with van der Waals surface area (Å²) in [5.74, 6) is -3.45. The molecule has 40 heavy (non-hydrogen) atoms. The van der Waals surface area contributed by atoms with Gasteiger partial charge >= 0.3 is 0 Å². The lowest BCUT2D eigenvalue weighted by Crippen LogP contribution is -2.54. The second-order valence-electron chi connectivity index (χ2n) is 12.8. The first kappa shape index (κ1) is 29.9. The zero-order valence-corrected chi connectivity index (χ0v) is 25.4. The Kier molecular flexibility index (Phi) is 7.09. The molecule has 1 atom stereocenters. The number of halogens is 5. The fourth-order valence-electron chi connectivity index (χ4n) is 6.07. The largest absolute Gasteiger partial charge is 0.366 e. The van der Waals surface area contributed by atoms with Gasteiger partial charge in [0.15, 0.2) is 6.04 Å². The number of carbonyl (C=O) groups excluding carboxylic acids is 1. The summed E-state index contributed by atoms with van der Waals surface area (Å²) < 4.78 is 70.1. The number of aliphatic imine (C=N–C) groups is 1. The minimum absolute atomic E-state index is 0.0505. The molecule has 222 valence electrons. The number of benzene rings is 1. The van der Waals surface area contributed by atoms with Gasteiger partial charge in [0.25, 0.3) is 0 Å². The highest BCUT2D eigenvalue weighted by atomic mass is 35.5. The van der Waals surface area contributed by atoms with E-state index >= 15 is 0 Å². The standard InChI is InChI=1S/C27H35Cl2F3N4O3S/c1-23(2)20(21(37)35-10-7-24(3,30)8-11-35)33-22(34-23)26-15-27(26,16-26)36(40(38,39)12-9-25(4,31)32)14-17-5-6-18(28)19(29)13-17/h5-6,13,20H,7-12,14-16H2,1-4H3,(H,33,34)/t20-,26?,27?/m0/s1. The van der Waals surface area contributed by atoms with Crippen molar-refractivity contribution in [2.75, 3.05) is 18.8 Å². The van der Waals surface area contributed by atoms with Crippen LogP contribution < -0.4 is 5.32 Å². The molecule has 13 heteroatoms. The Labute approximate surface area is 243 Å². The second kappa shape index (κ2) is 9.47. The van der Waals surface area contributed by atoms with Crippen LogP contribution in [0.3, 0.4) is 0 Å². The molecular weight excluding hydrogens is 588 g/mol. The van der Waals surface area contributed by atoms with Crippen LogP contribution in [0.2, 0.25) is 10.0 Å². The molecule has 0 unspecified atom stereocenters. The fraction of sp³-hybridized carbons (Fsp3) is 0.704. The lowest BCUT2D eigenvalue weighted by molar-refractivity contribution is -0.136. The summed E-state index contributed by atoms with van der Waals surface area (Å²) >= 11 is 12.2. The average molecular weight is 624 g/mol. The molecule has 7 nitrogen and oxygen atoms in total. The van der Waals surface area contributed by atoms with Crippen LogP contribution in [0.1, 0.15) is 65.4 Å². The Bertz CT molecular complexity index is 1350. The Morgan fingerprint density at radius 1 is 1.18 bits per heavy atom. The van der Waals surface area contributed by atoms with Crippen molar-refractivity contribution in [2.24, 2.45) is 10.4 Å². The van der Waals surface area contributed by atoms with Gasteiger partial charge in [0.1, 0.15) is 11.5 Å². The third-order valence-corrected chi connectivity index (χ3v) is 11.5. The van der Waals surface area contributed by atoms with Crippen molar-refractivity contribution in [1.82, 2.24) is 14.5 Å². The van der Waals surface area contributed by atoms with E-state index in [2.05, 4.69) is 5.32 Å². The Morgan fingerprint density at radius 3 is 2.38 bits per heavy atom. The number of amidine groups is 1. The van der Waals surface area contributed by atoms with E-state index in [9.17, 15) is 26.4 Å². The summed E-state index contributed by atoms with van der Waals surface area (Å²) in [5, 5.41) is 3.97. The number of carbonyl (C=O) groups is 1. The Hall–Kier alpha value is -1.56. The molecule has 1 saturated heterocycles. The molecule has 2 aliphatic heterocycles. The number of hydrogen-bond acceptors (Lipinski definition) is 5. The summed E-state index contributed by atoms with van der Waals surface area (Å²) in [6.07, 6.45) is 0.668. The van der Waals surface area contributed by atoms with Crippen molar-refractivity contribution in [3.05, 3.63) is 33.8 Å². The normalized spacial score (nSPS) is 30.5. The van der Waals surface area contributed by atoms with Gasteiger partial charge in [0, 0.05) is 26.1 Å². The maximum Gasteiger partial charge on any atom is 0.249 e. The number of amides is 1. The molecule has 0 radical (unpaired) electrons. The third kappa shape index (κ3) is 5.36. The van der Waals surface area contributed by atoms with E-state index < -0.39 is 56.3 Å². The smallest absolute Gasteiger partial charge is 0.249 e. The van der Waals surface area contributed by atoms with Gasteiger partial charge in [-0.3, -0.25) is 9.79 Å². The van der Waals surface area contributed by atoms with Gasteiger partial charge in [-0.2, -0.15) is 4.31 Å². The van der Waals surface area contributed by atoms with Gasteiger partial charge in [0.05, 0.1) is 32.3 Å². The molecular formula is C27H35Cl2F3N4O3S. The van der Waals surface area contributed by atoms with Gasteiger partial charge in [-0.1, -0.05) is 29.3 Å². The van der Waals surface area contributed by atoms with Gasteiger partial charge < -0.3 is 10.2 Å². The highest BCUT2D eigenvalue weighted by Crippen LogP contribution is 2.82. The summed E-state index contributed by atoms with van der Waals surface area (Å²) in [6.45, 7) is 6.56. The van der Waals surface area contributed by atoms with Crippen molar-refractivity contribution in [1.29, 1.82) is 0 Å². The second-order valence-corrected chi connectivity index (χ2v) is 15.7. The number of alkyl halides is 3. The minimum Gasteiger partial charge on any atom is -0.366 e. The molecule has 0 spiro atoms. The first-order chi connectivity index (χ1) is 18.3. The van der Waals surface area contributed by atoms with Crippen LogP contribution in [0.25, 0.3) is 0 Å². The van der Waals surface area contributed by atoms with E-state index in [1.54, 1.807) is 30.0 Å². The van der Waals surface area contributed by atoms with E-state index in [1.807, 2.05) is 13.8 Å². The molecule has 2 heterocycles. The molecule has 1 N–H and O–H groups in total. The number of rotatable bonds is 9. The van der Waals surface area contributed by atoms with E-state index in [-0.39, 0.29) is 30.3 Å². The molecule has 0 bridgehead atoms. The van der Waals surface area contributed by atoms with Gasteiger partial charge in [-0.25, -0.2) is 21.6 Å². The zero-order valence-electron chi connectivity index (χ0n) is 23.0. The molecule has 1 amide bonds. The number of fused-ring (bicyclic) bond motifs is 1. The summed E-state index contributed by atoms with van der Waals surface area (Å²) in [4.78, 5) is 19.9. The SMILES string of the molecule is CC(F)(F)CCS(=O)(=O)N(Cc1ccc(Cl)c(Cl)c1)C12CC1(C1=N[C@@H](C(=O)N3CCC(C)(F)CC3)C(C)(C)N1)C2. The van der Waals surface area contributed by atoms with Crippen LogP contribution in [0.5, 0.6) is 0 Å². The Morgan fingerprint density at radius 2 is 1.80 bits per heavy atom. The van der Waals surface area contributed by atoms with Crippen LogP contribution in [0.15, 0.2) is 23.2 Å². The molecule has 0 aromatic heterocycles. The van der Waals surface area contributed by atoms with Crippen LogP contribution in [-0.4, -0.2) is 76.9 Å². The predicted molar refractivity (Wildman–Crippen MR) is 149 cm³/mol. The fourth-order valence-corrected chi connectivity index (χ4v) is 8.41. The minimum atomic E-state index is -4.10. The van der Waals surface area contributed by atoms with Crippen molar-refractivity contribution in [3.63, 3.8) is 0 Å². The lowest BCUT2D eigenvalue weighted by atomic mass is 9.92. The molecule has 3 fully saturated rings. The summed E-state index contributed by atoms with van der Waals surface area (Å²) in [5.41, 5.74) is -2.87. The summed E-state index contributed by atoms with van der Waals surface area (Å²) in [6, 6.07) is 4.08. The number of likely N-dealkylation sites (tertiary alicyclic amines) is 1. The molecule has 2 saturated carbocycles. The quantitative estimate of drug-likeness (QED) is 0.410. The van der Waals surface area contributed by atoms with Gasteiger partial charge in [0.2, 0.25) is 21.9 Å². The lowest BCUT2D eigenvalue weighted by Gasteiger charge is -2.37. The average Bonchev–Trinajstić information content (AvgIpc) is 3.63. The van der Waals surface area contributed by atoms with Crippen LogP contribution in [-0.2, 0) is 21.4 Å². The van der Waals surface area contributed by atoms with E-state index in [0.29, 0.717) is 49.3 Å². The van der Waals surface area contributed by atoms with Crippen molar-refractivity contribution in [3.8, 4) is 0 Å². The number of sulfonamides is 1. The maximum absolute atomic E-state index is 14.3. The molecule has 5 rings (SSSR count). The van der Waals surface area contributed by atoms with Crippen molar-refractivity contribution >= 4 is 45.0 Å². The number of nitrogens with zero attached hydrogens (tertiary/aromatic N) is 3. The van der Waals surface area contributed by atoms with Crippen molar-refractivity contribution in [2.45, 2.75) is 95.1 Å². The maximum atomic E-state index is 14.3. The van der Waals surface area contributed by atoms with Crippen LogP contribution in [0, 0.1) is 5.41 Å². The first-order valence-electron chi connectivity index (χ1n) is 13.5. The molecule has 1 aromatic rings. The monoisotopic (exact) mass is 622 g/mol. The number of hydrogen-bond donors (Lipinski definition) is 1.